The van der Waals surface area contributed by atoms with Gasteiger partial charge in [0.05, 0.1) is 16.3 Å². The van der Waals surface area contributed by atoms with Crippen LogP contribution in [0.2, 0.25) is 0 Å². The molecule has 188 valence electrons. The van der Waals surface area contributed by atoms with Gasteiger partial charge in [0.1, 0.15) is 5.82 Å². The summed E-state index contributed by atoms with van der Waals surface area (Å²) in [5.74, 6) is 5.33. The summed E-state index contributed by atoms with van der Waals surface area (Å²) in [6.07, 6.45) is 13.9. The molecule has 8 aliphatic carbocycles. The standard InChI is InChI=1S/C30H36N4O2/c35-26(29-11-17-5-18(12-29)7-19(6-17)13-29)32-25-23-3-1-2-4-24(23)31-28(33-25)34-27(36)30-14-20-8-21(15-30)10-22(9-20)16-30/h1-4,17-22H,5-16H2,(H2,31,32,33,34,35,36). The number of benzene rings is 1. The lowest BCUT2D eigenvalue weighted by Crippen LogP contribution is -2.52. The van der Waals surface area contributed by atoms with Crippen molar-refractivity contribution >= 4 is 34.5 Å². The molecule has 2 amide bonds. The van der Waals surface area contributed by atoms with Crippen molar-refractivity contribution in [1.29, 1.82) is 0 Å². The highest BCUT2D eigenvalue weighted by Crippen LogP contribution is 2.61. The number of carbonyl (C=O) groups excluding carboxylic acids is 2. The predicted molar refractivity (Wildman–Crippen MR) is 138 cm³/mol. The lowest BCUT2D eigenvalue weighted by molar-refractivity contribution is -0.140. The molecule has 6 nitrogen and oxygen atoms in total. The summed E-state index contributed by atoms with van der Waals surface area (Å²) < 4.78 is 0. The maximum atomic E-state index is 13.8. The Morgan fingerprint density at radius 3 is 1.58 bits per heavy atom. The normalized spacial score (nSPS) is 41.6. The Hall–Kier alpha value is -2.50. The van der Waals surface area contributed by atoms with Crippen molar-refractivity contribution in [3.63, 3.8) is 0 Å². The zero-order valence-electron chi connectivity index (χ0n) is 21.0. The molecule has 36 heavy (non-hydrogen) atoms. The number of hydrogen-bond acceptors (Lipinski definition) is 4. The molecule has 10 rings (SSSR count). The van der Waals surface area contributed by atoms with Crippen molar-refractivity contribution in [2.75, 3.05) is 10.6 Å². The molecule has 0 radical (unpaired) electrons. The number of carbonyl (C=O) groups is 2. The fourth-order valence-corrected chi connectivity index (χ4v) is 10.5. The number of hydrogen-bond donors (Lipinski definition) is 2. The van der Waals surface area contributed by atoms with Crippen LogP contribution in [0.15, 0.2) is 24.3 Å². The van der Waals surface area contributed by atoms with E-state index in [1.165, 1.54) is 38.5 Å². The molecule has 8 saturated carbocycles. The molecule has 0 unspecified atom stereocenters. The lowest BCUT2D eigenvalue weighted by atomic mass is 9.49. The van der Waals surface area contributed by atoms with Crippen LogP contribution in [0.4, 0.5) is 11.8 Å². The summed E-state index contributed by atoms with van der Waals surface area (Å²) in [5.41, 5.74) is 0.254. The van der Waals surface area contributed by atoms with Gasteiger partial charge in [-0.05, 0) is 125 Å². The van der Waals surface area contributed by atoms with Crippen LogP contribution in [0.5, 0.6) is 0 Å². The number of nitrogens with zero attached hydrogens (tertiary/aromatic N) is 2. The highest BCUT2D eigenvalue weighted by atomic mass is 16.2. The van der Waals surface area contributed by atoms with Gasteiger partial charge in [-0.15, -0.1) is 0 Å². The highest BCUT2D eigenvalue weighted by Gasteiger charge is 2.56. The van der Waals surface area contributed by atoms with Crippen molar-refractivity contribution < 1.29 is 9.59 Å². The molecular weight excluding hydrogens is 448 g/mol. The Kier molecular flexibility index (Phi) is 4.50. The zero-order valence-corrected chi connectivity index (χ0v) is 21.0. The van der Waals surface area contributed by atoms with E-state index in [1.807, 2.05) is 24.3 Å². The van der Waals surface area contributed by atoms with Crippen molar-refractivity contribution in [2.45, 2.75) is 77.0 Å². The third-order valence-electron chi connectivity index (χ3n) is 11.1. The molecular formula is C30H36N4O2. The quantitative estimate of drug-likeness (QED) is 0.563. The third-order valence-corrected chi connectivity index (χ3v) is 11.1. The molecule has 2 aromatic rings. The zero-order chi connectivity index (χ0) is 24.1. The monoisotopic (exact) mass is 484 g/mol. The number of amides is 2. The molecule has 8 bridgehead atoms. The molecule has 0 saturated heterocycles. The van der Waals surface area contributed by atoms with Crippen LogP contribution in [0.25, 0.3) is 10.9 Å². The van der Waals surface area contributed by atoms with Crippen molar-refractivity contribution in [1.82, 2.24) is 9.97 Å². The largest absolute Gasteiger partial charge is 0.310 e. The molecule has 1 heterocycles. The Labute approximate surface area is 212 Å². The summed E-state index contributed by atoms with van der Waals surface area (Å²) in [6, 6.07) is 7.82. The van der Waals surface area contributed by atoms with Gasteiger partial charge in [0.2, 0.25) is 17.8 Å². The third kappa shape index (κ3) is 3.28. The van der Waals surface area contributed by atoms with E-state index in [2.05, 4.69) is 10.6 Å². The number of fused-ring (bicyclic) bond motifs is 1. The second kappa shape index (κ2) is 7.52. The van der Waals surface area contributed by atoms with Crippen LogP contribution in [0.1, 0.15) is 77.0 Å². The summed E-state index contributed by atoms with van der Waals surface area (Å²) >= 11 is 0. The first kappa shape index (κ1) is 21.6. The molecule has 1 aromatic carbocycles. The first-order valence-corrected chi connectivity index (χ1v) is 14.3. The van der Waals surface area contributed by atoms with E-state index in [1.54, 1.807) is 0 Å². The fraction of sp³-hybridized carbons (Fsp3) is 0.667. The van der Waals surface area contributed by atoms with Crippen LogP contribution in [0.3, 0.4) is 0 Å². The van der Waals surface area contributed by atoms with Gasteiger partial charge in [-0.3, -0.25) is 14.9 Å². The summed E-state index contributed by atoms with van der Waals surface area (Å²) in [5, 5.41) is 7.21. The first-order chi connectivity index (χ1) is 17.5. The SMILES string of the molecule is O=C(Nc1nc(NC(=O)C23CC4CC(CC(C4)C2)C3)c2ccccc2n1)C12CC3CC(CC(C3)C1)C2. The van der Waals surface area contributed by atoms with E-state index in [9.17, 15) is 9.59 Å². The van der Waals surface area contributed by atoms with Gasteiger partial charge in [-0.2, -0.15) is 4.98 Å². The van der Waals surface area contributed by atoms with Gasteiger partial charge < -0.3 is 5.32 Å². The number of nitrogens with one attached hydrogen (secondary N) is 2. The van der Waals surface area contributed by atoms with Gasteiger partial charge in [0.25, 0.3) is 0 Å². The van der Waals surface area contributed by atoms with Crippen LogP contribution in [0, 0.1) is 46.3 Å². The van der Waals surface area contributed by atoms with Crippen LogP contribution in [-0.2, 0) is 9.59 Å². The smallest absolute Gasteiger partial charge is 0.232 e. The van der Waals surface area contributed by atoms with E-state index in [4.69, 9.17) is 9.97 Å². The topological polar surface area (TPSA) is 84.0 Å². The Morgan fingerprint density at radius 1 is 0.639 bits per heavy atom. The molecule has 0 atom stereocenters. The lowest BCUT2D eigenvalue weighted by Gasteiger charge is -2.55. The summed E-state index contributed by atoms with van der Waals surface area (Å²) in [7, 11) is 0. The molecule has 0 aliphatic heterocycles. The van der Waals surface area contributed by atoms with Crippen molar-refractivity contribution in [3.8, 4) is 0 Å². The minimum absolute atomic E-state index is 0.0928. The van der Waals surface area contributed by atoms with Gasteiger partial charge in [-0.25, -0.2) is 4.98 Å². The van der Waals surface area contributed by atoms with Crippen LogP contribution >= 0.6 is 0 Å². The first-order valence-electron chi connectivity index (χ1n) is 14.3. The van der Waals surface area contributed by atoms with Gasteiger partial charge >= 0.3 is 0 Å². The number of rotatable bonds is 4. The second-order valence-corrected chi connectivity index (χ2v) is 13.7. The molecule has 0 spiro atoms. The summed E-state index contributed by atoms with van der Waals surface area (Å²) in [6.45, 7) is 0. The second-order valence-electron chi connectivity index (χ2n) is 13.7. The average molecular weight is 485 g/mol. The van der Waals surface area contributed by atoms with Gasteiger partial charge in [0.15, 0.2) is 0 Å². The minimum Gasteiger partial charge on any atom is -0.310 e. The number of anilines is 2. The Morgan fingerprint density at radius 2 is 1.08 bits per heavy atom. The molecule has 2 N–H and O–H groups in total. The highest BCUT2D eigenvalue weighted by molar-refractivity contribution is 6.03. The Bertz CT molecular complexity index is 1200. The average Bonchev–Trinajstić information content (AvgIpc) is 2.82. The van der Waals surface area contributed by atoms with E-state index < -0.39 is 0 Å². The Balaban J connectivity index is 1.09. The minimum atomic E-state index is -0.258. The van der Waals surface area contributed by atoms with Crippen molar-refractivity contribution in [3.05, 3.63) is 24.3 Å². The molecule has 1 aromatic heterocycles. The van der Waals surface area contributed by atoms with E-state index >= 15 is 0 Å². The molecule has 6 heteroatoms. The number of para-hydroxylation sites is 1. The molecule has 8 fully saturated rings. The molecule has 8 aliphatic rings. The van der Waals surface area contributed by atoms with Gasteiger partial charge in [-0.1, -0.05) is 12.1 Å². The van der Waals surface area contributed by atoms with Gasteiger partial charge in [0, 0.05) is 5.39 Å². The fourth-order valence-electron chi connectivity index (χ4n) is 10.5. The number of aromatic nitrogens is 2. The van der Waals surface area contributed by atoms with Crippen LogP contribution in [-0.4, -0.2) is 21.8 Å². The van der Waals surface area contributed by atoms with E-state index in [0.717, 1.165) is 49.4 Å². The maximum absolute atomic E-state index is 13.8. The summed E-state index contributed by atoms with van der Waals surface area (Å²) in [4.78, 5) is 37.0. The predicted octanol–water partition coefficient (Wildman–Crippen LogP) is 5.94. The van der Waals surface area contributed by atoms with E-state index in [-0.39, 0.29) is 22.6 Å². The van der Waals surface area contributed by atoms with E-state index in [0.29, 0.717) is 47.3 Å². The van der Waals surface area contributed by atoms with Crippen molar-refractivity contribution in [2.24, 2.45) is 46.3 Å². The maximum Gasteiger partial charge on any atom is 0.232 e. The van der Waals surface area contributed by atoms with Crippen LogP contribution < -0.4 is 10.6 Å².